The van der Waals surface area contributed by atoms with Gasteiger partial charge < -0.3 is 0 Å². The van der Waals surface area contributed by atoms with Crippen molar-refractivity contribution in [2.45, 2.75) is 24.1 Å². The van der Waals surface area contributed by atoms with E-state index in [0.717, 1.165) is 0 Å². The molecule has 0 saturated heterocycles. The second kappa shape index (κ2) is 5.31. The van der Waals surface area contributed by atoms with E-state index in [1.807, 2.05) is 0 Å². The number of aryl methyl sites for hydroxylation is 2. The van der Waals surface area contributed by atoms with Gasteiger partial charge in [0, 0.05) is 0 Å². The van der Waals surface area contributed by atoms with E-state index in [1.54, 1.807) is 0 Å². The first kappa shape index (κ1) is 13.1. The van der Waals surface area contributed by atoms with E-state index in [-0.39, 0.29) is 4.83 Å². The van der Waals surface area contributed by atoms with E-state index < -0.39 is 0 Å². The van der Waals surface area contributed by atoms with E-state index >= 15 is 0 Å². The summed E-state index contributed by atoms with van der Waals surface area (Å²) in [6.07, 6.45) is 3.79. The van der Waals surface area contributed by atoms with Crippen molar-refractivity contribution >= 4 is 26.7 Å². The van der Waals surface area contributed by atoms with Crippen LogP contribution in [0.2, 0.25) is 0 Å². The molecule has 0 amide bonds. The van der Waals surface area contributed by atoms with Gasteiger partial charge in [-0.3, -0.25) is 0 Å². The average Bonchev–Trinajstić information content (AvgIpc) is 3.01. The topological polar surface area (TPSA) is 0 Å². The maximum absolute atomic E-state index is 3.92. The summed E-state index contributed by atoms with van der Waals surface area (Å²) in [5, 5.41) is 2.64. The van der Waals surface area contributed by atoms with Gasteiger partial charge in [-0.05, 0) is 52.3 Å². The summed E-state index contributed by atoms with van der Waals surface area (Å²) in [4.78, 5) is 0.259. The third-order valence-corrected chi connectivity index (χ3v) is 5.53. The molecule has 0 N–H and O–H groups in total. The molecular weight excluding hydrogens is 320 g/mol. The van der Waals surface area contributed by atoms with Crippen molar-refractivity contribution in [2.75, 3.05) is 0 Å². The van der Waals surface area contributed by atoms with E-state index in [0.29, 0.717) is 0 Å². The van der Waals surface area contributed by atoms with E-state index in [2.05, 4.69) is 76.6 Å². The van der Waals surface area contributed by atoms with Gasteiger partial charge in [-0.2, -0.15) is 0 Å². The van der Waals surface area contributed by atoms with E-state index in [1.165, 1.54) is 52.3 Å². The number of hydrogen-bond acceptors (Lipinski definition) is 0. The van der Waals surface area contributed by atoms with Gasteiger partial charge in [0.15, 0.2) is 0 Å². The molecule has 1 aliphatic carbocycles. The minimum Gasteiger partial charge on any atom is -0.0786 e. The highest BCUT2D eigenvalue weighted by molar-refractivity contribution is 9.09. The quantitative estimate of drug-likeness (QED) is 0.518. The molecule has 4 rings (SSSR count). The van der Waals surface area contributed by atoms with Crippen molar-refractivity contribution in [1.82, 2.24) is 0 Å². The molecule has 1 heteroatoms. The van der Waals surface area contributed by atoms with Gasteiger partial charge in [0.2, 0.25) is 0 Å². The molecule has 0 heterocycles. The molecule has 1 unspecified atom stereocenters. The highest BCUT2D eigenvalue weighted by atomic mass is 79.9. The van der Waals surface area contributed by atoms with Crippen molar-refractivity contribution in [3.8, 4) is 0 Å². The van der Waals surface area contributed by atoms with Gasteiger partial charge in [-0.15, -0.1) is 0 Å². The fraction of sp³-hybridized carbons (Fsp3) is 0.200. The van der Waals surface area contributed by atoms with Crippen molar-refractivity contribution < 1.29 is 0 Å². The van der Waals surface area contributed by atoms with Gasteiger partial charge >= 0.3 is 0 Å². The zero-order chi connectivity index (χ0) is 14.2. The number of halogens is 1. The highest BCUT2D eigenvalue weighted by Crippen LogP contribution is 2.37. The molecule has 1 atom stereocenters. The van der Waals surface area contributed by atoms with Crippen LogP contribution in [0.3, 0.4) is 0 Å². The van der Waals surface area contributed by atoms with Crippen molar-refractivity contribution in [2.24, 2.45) is 0 Å². The predicted octanol–water partition coefficient (Wildman–Crippen LogP) is 5.81. The third kappa shape index (κ3) is 2.30. The zero-order valence-corrected chi connectivity index (χ0v) is 13.4. The first-order chi connectivity index (χ1) is 10.3. The fourth-order valence-corrected chi connectivity index (χ4v) is 4.08. The van der Waals surface area contributed by atoms with Crippen LogP contribution in [0.1, 0.15) is 33.5 Å². The Bertz CT molecular complexity index is 799. The normalized spacial score (nSPS) is 15.1. The molecule has 0 bridgehead atoms. The Morgan fingerprint density at radius 3 is 2.57 bits per heavy atom. The Kier molecular flexibility index (Phi) is 3.31. The zero-order valence-electron chi connectivity index (χ0n) is 11.9. The number of alkyl halides is 1. The van der Waals surface area contributed by atoms with Gasteiger partial charge in [0.05, 0.1) is 4.83 Å². The highest BCUT2D eigenvalue weighted by Gasteiger charge is 2.17. The van der Waals surface area contributed by atoms with Crippen LogP contribution in [0.15, 0.2) is 60.7 Å². The predicted molar refractivity (Wildman–Crippen MR) is 93.2 cm³/mol. The van der Waals surface area contributed by atoms with Crippen LogP contribution in [0.4, 0.5) is 0 Å². The Morgan fingerprint density at radius 1 is 0.810 bits per heavy atom. The molecule has 21 heavy (non-hydrogen) atoms. The summed E-state index contributed by atoms with van der Waals surface area (Å²) in [6.45, 7) is 0. The lowest BCUT2D eigenvalue weighted by atomic mass is 9.96. The Labute approximate surface area is 133 Å². The monoisotopic (exact) mass is 336 g/mol. The summed E-state index contributed by atoms with van der Waals surface area (Å²) in [6, 6.07) is 22.2. The molecule has 0 spiro atoms. The van der Waals surface area contributed by atoms with Gasteiger partial charge in [-0.1, -0.05) is 76.6 Å². The van der Waals surface area contributed by atoms with Gasteiger partial charge in [0.25, 0.3) is 0 Å². The lowest BCUT2D eigenvalue weighted by Crippen LogP contribution is -1.96. The van der Waals surface area contributed by atoms with Crippen molar-refractivity contribution in [3.63, 3.8) is 0 Å². The van der Waals surface area contributed by atoms with E-state index in [9.17, 15) is 0 Å². The number of hydrogen-bond donors (Lipinski definition) is 0. The summed E-state index contributed by atoms with van der Waals surface area (Å²) < 4.78 is 0. The minimum atomic E-state index is 0.259. The molecule has 0 saturated carbocycles. The average molecular weight is 337 g/mol. The molecule has 0 fully saturated rings. The molecule has 0 nitrogen and oxygen atoms in total. The van der Waals surface area contributed by atoms with Gasteiger partial charge in [0.1, 0.15) is 0 Å². The fourth-order valence-electron chi connectivity index (χ4n) is 3.40. The summed E-state index contributed by atoms with van der Waals surface area (Å²) in [5.41, 5.74) is 5.80. The van der Waals surface area contributed by atoms with Gasteiger partial charge in [-0.25, -0.2) is 0 Å². The standard InChI is InChI=1S/C20H17Br/c21-20(17-12-11-14-6-3-8-16(14)13-17)19-10-4-7-15-5-1-2-9-18(15)19/h1-2,4-5,7,9-13,20H,3,6,8H2. The second-order valence-corrected chi connectivity index (χ2v) is 6.73. The second-order valence-electron chi connectivity index (χ2n) is 5.81. The van der Waals surface area contributed by atoms with E-state index in [4.69, 9.17) is 0 Å². The summed E-state index contributed by atoms with van der Waals surface area (Å²) in [7, 11) is 0. The van der Waals surface area contributed by atoms with Crippen LogP contribution in [0.25, 0.3) is 10.8 Å². The molecule has 3 aromatic carbocycles. The SMILES string of the molecule is BrC(c1ccc2c(c1)CCC2)c1cccc2ccccc12. The van der Waals surface area contributed by atoms with Crippen LogP contribution < -0.4 is 0 Å². The van der Waals surface area contributed by atoms with Crippen LogP contribution in [-0.4, -0.2) is 0 Å². The minimum absolute atomic E-state index is 0.259. The maximum atomic E-state index is 3.92. The van der Waals surface area contributed by atoms with Crippen LogP contribution in [0.5, 0.6) is 0 Å². The maximum Gasteiger partial charge on any atom is 0.0650 e. The number of rotatable bonds is 2. The Morgan fingerprint density at radius 2 is 1.62 bits per heavy atom. The first-order valence-electron chi connectivity index (χ1n) is 7.56. The molecule has 0 radical (unpaired) electrons. The van der Waals surface area contributed by atoms with Crippen LogP contribution in [0, 0.1) is 0 Å². The summed E-state index contributed by atoms with van der Waals surface area (Å²) in [5.74, 6) is 0. The Hall–Kier alpha value is -1.60. The molecular formula is C20H17Br. The van der Waals surface area contributed by atoms with Crippen molar-refractivity contribution in [1.29, 1.82) is 0 Å². The van der Waals surface area contributed by atoms with Crippen LogP contribution >= 0.6 is 15.9 Å². The smallest absolute Gasteiger partial charge is 0.0650 e. The van der Waals surface area contributed by atoms with Crippen LogP contribution in [-0.2, 0) is 12.8 Å². The third-order valence-electron chi connectivity index (χ3n) is 4.51. The largest absolute Gasteiger partial charge is 0.0786 e. The number of fused-ring (bicyclic) bond motifs is 2. The Balaban J connectivity index is 1.81. The molecule has 0 aliphatic heterocycles. The molecule has 0 aromatic heterocycles. The lowest BCUT2D eigenvalue weighted by Gasteiger charge is -2.15. The first-order valence-corrected chi connectivity index (χ1v) is 8.48. The van der Waals surface area contributed by atoms with Crippen molar-refractivity contribution in [3.05, 3.63) is 82.9 Å². The number of benzene rings is 3. The molecule has 1 aliphatic rings. The molecule has 104 valence electrons. The molecule has 3 aromatic rings. The summed E-state index contributed by atoms with van der Waals surface area (Å²) >= 11 is 3.92. The lowest BCUT2D eigenvalue weighted by molar-refractivity contribution is 0.911.